The number of primary amides is 1. The number of ketones is 2. The summed E-state index contributed by atoms with van der Waals surface area (Å²) in [6.07, 6.45) is -0.144. The van der Waals surface area contributed by atoms with Crippen molar-refractivity contribution >= 4 is 82.7 Å². The molecule has 0 spiro atoms. The van der Waals surface area contributed by atoms with Gasteiger partial charge in [0.1, 0.15) is 18.8 Å². The molecule has 30 nitrogen and oxygen atoms in total. The molecule has 0 saturated carbocycles. The minimum Gasteiger partial charge on any atom is -0.494 e. The standard InChI is InChI=1S/C73H111FN12O18/c1-16-45(8)65(84(12)70(96)63(43(4)5)82-69(95)64(44(6)7)83(10)11)57(101-14)38-61(92)86-40-51(37-53(86)66(102-15)46(9)67(93)79-39-55(88)48-25-28-56(100-13)52(74)35-48)104-73(99)78-33-32-77-72(98)103-41-47-23-26-50(27-24-47)80-68(94)49(21-20-31-76-71(75)97)36-54(87)62(42(2)3)81-58(89)22-18-17-19-34-85-59(90)29-30-60(85)91/h23-30,35,42-46,49,51,53,57,62-66H,16-22,31-34,36-41H2,1-15H3,(H,77,98)(H,78,99)(H,79,93)(H,80,94)(H,81,89)(H,82,95)(H3,75,76,97)/t45-,46+,49?,51-,53-,57+,62-,63-,64-,65?,66+/m0/s1. The predicted molar refractivity (Wildman–Crippen MR) is 383 cm³/mol. The van der Waals surface area contributed by atoms with E-state index in [4.69, 9.17) is 29.4 Å². The van der Waals surface area contributed by atoms with Crippen molar-refractivity contribution in [2.75, 3.05) is 87.1 Å². The van der Waals surface area contributed by atoms with Gasteiger partial charge in [-0.1, -0.05) is 87.3 Å². The van der Waals surface area contributed by atoms with E-state index in [0.717, 1.165) is 11.0 Å². The van der Waals surface area contributed by atoms with Gasteiger partial charge in [0, 0.05) is 96.0 Å². The zero-order valence-electron chi connectivity index (χ0n) is 62.9. The number of benzene rings is 2. The highest BCUT2D eigenvalue weighted by Gasteiger charge is 2.47. The van der Waals surface area contributed by atoms with Gasteiger partial charge in [0.05, 0.1) is 68.9 Å². The number of nitrogens with two attached hydrogens (primary N) is 1. The number of Topliss-reactive ketones (excluding diaryl/α,β-unsaturated/α-hetero) is 2. The molecule has 2 aliphatic heterocycles. The molecule has 2 aliphatic rings. The number of alkyl carbamates (subject to hydrolysis) is 2. The maximum atomic E-state index is 15.0. The van der Waals surface area contributed by atoms with Crippen LogP contribution in [0.3, 0.4) is 0 Å². The Kier molecular flexibility index (Phi) is 36.3. The van der Waals surface area contributed by atoms with Gasteiger partial charge in [-0.25, -0.2) is 18.8 Å². The molecule has 1 saturated heterocycles. The molecular weight excluding hydrogens is 1350 g/mol. The van der Waals surface area contributed by atoms with E-state index < -0.39 is 114 Å². The van der Waals surface area contributed by atoms with Gasteiger partial charge in [-0.3, -0.25) is 57.7 Å². The van der Waals surface area contributed by atoms with E-state index >= 15 is 0 Å². The van der Waals surface area contributed by atoms with Crippen LogP contribution < -0.4 is 47.7 Å². The van der Waals surface area contributed by atoms with E-state index in [1.165, 1.54) is 55.4 Å². The van der Waals surface area contributed by atoms with E-state index in [2.05, 4.69) is 37.2 Å². The molecule has 578 valence electrons. The molecule has 2 aromatic carbocycles. The number of nitrogens with zero attached hydrogens (tertiary/aromatic N) is 4. The number of anilines is 1. The van der Waals surface area contributed by atoms with Crippen LogP contribution in [0.4, 0.5) is 24.5 Å². The second kappa shape index (κ2) is 43.2. The summed E-state index contributed by atoms with van der Waals surface area (Å²) >= 11 is 0. The lowest BCUT2D eigenvalue weighted by atomic mass is 9.89. The Balaban J connectivity index is 1.40. The molecule has 31 heteroatoms. The van der Waals surface area contributed by atoms with Crippen molar-refractivity contribution < 1.29 is 90.4 Å². The fourth-order valence-corrected chi connectivity index (χ4v) is 12.9. The van der Waals surface area contributed by atoms with Crippen molar-refractivity contribution in [1.82, 2.24) is 51.5 Å². The van der Waals surface area contributed by atoms with Gasteiger partial charge in [-0.05, 0) is 99.3 Å². The predicted octanol–water partition coefficient (Wildman–Crippen LogP) is 5.00. The van der Waals surface area contributed by atoms with Crippen molar-refractivity contribution in [3.8, 4) is 5.75 Å². The summed E-state index contributed by atoms with van der Waals surface area (Å²) in [6, 6.07) is 5.30. The number of methoxy groups -OCH3 is 3. The zero-order chi connectivity index (χ0) is 77.7. The maximum Gasteiger partial charge on any atom is 0.407 e. The number of hydrogen-bond donors (Lipinski definition) is 8. The summed E-state index contributed by atoms with van der Waals surface area (Å²) in [6.45, 7) is 15.7. The second-order valence-electron chi connectivity index (χ2n) is 27.7. The third kappa shape index (κ3) is 26.9. The second-order valence-corrected chi connectivity index (χ2v) is 27.7. The van der Waals surface area contributed by atoms with Crippen molar-refractivity contribution in [2.24, 2.45) is 41.2 Å². The molecule has 104 heavy (non-hydrogen) atoms. The van der Waals surface area contributed by atoms with E-state index in [-0.39, 0.29) is 142 Å². The van der Waals surface area contributed by atoms with Gasteiger partial charge in [0.15, 0.2) is 23.1 Å². The van der Waals surface area contributed by atoms with Crippen LogP contribution in [0, 0.1) is 41.3 Å². The lowest BCUT2D eigenvalue weighted by molar-refractivity contribution is -0.148. The molecule has 12 amide bonds. The monoisotopic (exact) mass is 1460 g/mol. The number of carbonyl (C=O) groups excluding carboxylic acids is 13. The Labute approximate surface area is 609 Å². The minimum atomic E-state index is -1.06. The number of urea groups is 1. The topological polar surface area (TPSA) is 391 Å². The number of likely N-dealkylation sites (tertiary alicyclic amines) is 1. The van der Waals surface area contributed by atoms with E-state index in [1.807, 2.05) is 41.5 Å². The number of rotatable bonds is 44. The highest BCUT2D eigenvalue weighted by Crippen LogP contribution is 2.32. The van der Waals surface area contributed by atoms with Crippen LogP contribution in [0.5, 0.6) is 5.75 Å². The number of nitrogens with one attached hydrogen (secondary N) is 7. The molecule has 0 aliphatic carbocycles. The third-order valence-electron chi connectivity index (χ3n) is 18.7. The van der Waals surface area contributed by atoms with Gasteiger partial charge in [-0.15, -0.1) is 0 Å². The quantitative estimate of drug-likeness (QED) is 0.0246. The minimum absolute atomic E-state index is 0.0134. The number of ether oxygens (including phenoxy) is 5. The maximum absolute atomic E-state index is 15.0. The van der Waals surface area contributed by atoms with E-state index in [0.29, 0.717) is 43.4 Å². The Morgan fingerprint density at radius 1 is 0.702 bits per heavy atom. The average Bonchev–Trinajstić information content (AvgIpc) is 1.58. The molecule has 0 aromatic heterocycles. The molecule has 1 fully saturated rings. The molecule has 0 bridgehead atoms. The van der Waals surface area contributed by atoms with Crippen LogP contribution in [-0.4, -0.2) is 227 Å². The van der Waals surface area contributed by atoms with Gasteiger partial charge >= 0.3 is 18.2 Å². The normalized spacial score (nSPS) is 16.9. The Morgan fingerprint density at radius 3 is 1.91 bits per heavy atom. The fourth-order valence-electron chi connectivity index (χ4n) is 12.9. The van der Waals surface area contributed by atoms with Crippen molar-refractivity contribution in [3.05, 3.63) is 71.6 Å². The highest BCUT2D eigenvalue weighted by atomic mass is 19.1. The fraction of sp³-hybridized carbons (Fsp3) is 0.630. The van der Waals surface area contributed by atoms with Crippen LogP contribution in [0.15, 0.2) is 54.6 Å². The summed E-state index contributed by atoms with van der Waals surface area (Å²) in [5, 5.41) is 18.8. The smallest absolute Gasteiger partial charge is 0.407 e. The SMILES string of the molecule is CC[C@H](C)C([C@@H](CC(=O)N1C[C@@H](OC(=O)NCCNC(=O)OCc2ccc(NC(=O)C(CCCNC(N)=O)CC(=O)[C@@H](NC(=O)CCCCCN3C(=O)C=CC3=O)C(C)C)cc2)C[C@H]1[C@H](OC)[C@@H](C)C(=O)NCC(=O)c1ccc(OC)c(F)c1)OC)N(C)C(=O)[C@@H](NC(=O)[C@H](C(C)C)N(C)C)C(C)C. The van der Waals surface area contributed by atoms with Crippen molar-refractivity contribution in [2.45, 2.75) is 182 Å². The van der Waals surface area contributed by atoms with Gasteiger partial charge in [0.25, 0.3) is 11.8 Å². The number of amides is 12. The molecule has 2 unspecified atom stereocenters. The number of likely N-dealkylation sites (N-methyl/N-ethyl adjacent to an activating group) is 2. The lowest BCUT2D eigenvalue weighted by Gasteiger charge is -2.41. The number of unbranched alkanes of at least 4 members (excludes halogenated alkanes) is 2. The first-order valence-corrected chi connectivity index (χ1v) is 35.5. The molecule has 2 aromatic rings. The van der Waals surface area contributed by atoms with E-state index in [9.17, 15) is 66.7 Å². The highest BCUT2D eigenvalue weighted by molar-refractivity contribution is 6.13. The van der Waals surface area contributed by atoms with E-state index in [1.54, 1.807) is 71.1 Å². The van der Waals surface area contributed by atoms with Crippen LogP contribution in [0.2, 0.25) is 0 Å². The van der Waals surface area contributed by atoms with Crippen LogP contribution in [0.1, 0.15) is 142 Å². The first kappa shape index (κ1) is 87.3. The number of carbonyl (C=O) groups is 13. The summed E-state index contributed by atoms with van der Waals surface area (Å²) in [5.41, 5.74) is 6.12. The third-order valence-corrected chi connectivity index (χ3v) is 18.7. The van der Waals surface area contributed by atoms with Gasteiger partial charge < -0.3 is 76.4 Å². The first-order valence-electron chi connectivity index (χ1n) is 35.5. The van der Waals surface area contributed by atoms with Crippen LogP contribution >= 0.6 is 0 Å². The molecule has 4 rings (SSSR count). The molecule has 0 radical (unpaired) electrons. The number of halogens is 1. The Bertz CT molecular complexity index is 3270. The Morgan fingerprint density at radius 2 is 1.35 bits per heavy atom. The summed E-state index contributed by atoms with van der Waals surface area (Å²) < 4.78 is 42.8. The van der Waals surface area contributed by atoms with Crippen molar-refractivity contribution in [3.63, 3.8) is 0 Å². The largest absolute Gasteiger partial charge is 0.494 e. The molecular formula is C73H111FN12O18. The first-order chi connectivity index (χ1) is 49.2. The Hall–Kier alpha value is -9.10. The molecule has 11 atom stereocenters. The zero-order valence-corrected chi connectivity index (χ0v) is 62.9. The van der Waals surface area contributed by atoms with Gasteiger partial charge in [0.2, 0.25) is 35.4 Å². The van der Waals surface area contributed by atoms with Crippen LogP contribution in [0.25, 0.3) is 0 Å². The van der Waals surface area contributed by atoms with Crippen LogP contribution in [-0.2, 0) is 68.7 Å². The molecule has 9 N–H and O–H groups in total. The summed E-state index contributed by atoms with van der Waals surface area (Å²) in [5.74, 6) is -8.10. The summed E-state index contributed by atoms with van der Waals surface area (Å²) in [7, 11) is 9.27. The average molecular weight is 1460 g/mol. The number of hydrogen-bond acceptors (Lipinski definition) is 19. The van der Waals surface area contributed by atoms with Gasteiger partial charge in [-0.2, -0.15) is 0 Å². The lowest BCUT2D eigenvalue weighted by Crippen LogP contribution is -2.59. The van der Waals surface area contributed by atoms with Crippen molar-refractivity contribution in [1.29, 1.82) is 0 Å². The molecule has 2 heterocycles. The number of imide groups is 1. The summed E-state index contributed by atoms with van der Waals surface area (Å²) in [4.78, 5) is 178.